The maximum Gasteiger partial charge on any atom is 0.0748 e. The molecule has 0 bridgehead atoms. The summed E-state index contributed by atoms with van der Waals surface area (Å²) in [7, 11) is 0. The Labute approximate surface area is 95.2 Å². The van der Waals surface area contributed by atoms with Crippen molar-refractivity contribution in [3.8, 4) is 0 Å². The Hall–Kier alpha value is -1.83. The number of fused-ring (bicyclic) bond motifs is 3. The normalized spacial score (nSPS) is 33.1. The molecule has 1 fully saturated rings. The Morgan fingerprint density at radius 1 is 1.12 bits per heavy atom. The first-order valence-electron chi connectivity index (χ1n) is 5.61. The molecule has 2 atom stereocenters. The van der Waals surface area contributed by atoms with Crippen LogP contribution in [0.25, 0.3) is 0 Å². The fourth-order valence-corrected chi connectivity index (χ4v) is 2.75. The molecule has 80 valence electrons. The number of nitrogens with zero attached hydrogens (tertiary/aromatic N) is 1. The Bertz CT molecular complexity index is 487. The number of rotatable bonds is 0. The molecule has 0 saturated heterocycles. The van der Waals surface area contributed by atoms with E-state index in [1.165, 1.54) is 11.1 Å². The lowest BCUT2D eigenvalue weighted by Crippen LogP contribution is -2.09. The van der Waals surface area contributed by atoms with E-state index in [1.807, 2.05) is 0 Å². The fraction of sp³-hybridized carbons (Fsp3) is 0.214. The van der Waals surface area contributed by atoms with Gasteiger partial charge in [0.1, 0.15) is 0 Å². The first-order valence-corrected chi connectivity index (χ1v) is 5.61. The fourth-order valence-electron chi connectivity index (χ4n) is 2.75. The molecule has 0 radical (unpaired) electrons. The van der Waals surface area contributed by atoms with Crippen LogP contribution in [0.2, 0.25) is 0 Å². The summed E-state index contributed by atoms with van der Waals surface area (Å²) >= 11 is 0. The predicted molar refractivity (Wildman–Crippen MR) is 66.8 cm³/mol. The molecule has 0 aliphatic heterocycles. The van der Waals surface area contributed by atoms with Gasteiger partial charge in [-0.1, -0.05) is 48.6 Å². The SMILES string of the molecule is NN=C1C2=CC=CCC2C2=CC=CC=CC21. The molecular formula is C14H14N2. The van der Waals surface area contributed by atoms with Crippen LogP contribution in [0, 0.1) is 11.8 Å². The molecular weight excluding hydrogens is 196 g/mol. The maximum atomic E-state index is 5.54. The highest BCUT2D eigenvalue weighted by Gasteiger charge is 2.38. The summed E-state index contributed by atoms with van der Waals surface area (Å²) in [5.74, 6) is 6.29. The van der Waals surface area contributed by atoms with Gasteiger partial charge in [-0.25, -0.2) is 0 Å². The van der Waals surface area contributed by atoms with Crippen molar-refractivity contribution in [1.82, 2.24) is 0 Å². The molecule has 2 N–H and O–H groups in total. The summed E-state index contributed by atoms with van der Waals surface area (Å²) in [5, 5.41) is 3.99. The van der Waals surface area contributed by atoms with Crippen LogP contribution < -0.4 is 5.84 Å². The molecule has 0 aromatic heterocycles. The van der Waals surface area contributed by atoms with Crippen LogP contribution in [-0.2, 0) is 0 Å². The van der Waals surface area contributed by atoms with Crippen LogP contribution >= 0.6 is 0 Å². The third-order valence-corrected chi connectivity index (χ3v) is 3.46. The highest BCUT2D eigenvalue weighted by Crippen LogP contribution is 2.43. The monoisotopic (exact) mass is 210 g/mol. The van der Waals surface area contributed by atoms with Gasteiger partial charge in [0.2, 0.25) is 0 Å². The largest absolute Gasteiger partial charge is 0.323 e. The van der Waals surface area contributed by atoms with Gasteiger partial charge in [0.05, 0.1) is 5.71 Å². The molecule has 16 heavy (non-hydrogen) atoms. The van der Waals surface area contributed by atoms with Crippen LogP contribution in [0.1, 0.15) is 6.42 Å². The lowest BCUT2D eigenvalue weighted by atomic mass is 9.90. The molecule has 3 aliphatic rings. The first kappa shape index (κ1) is 9.40. The molecule has 2 nitrogen and oxygen atoms in total. The number of hydrazone groups is 1. The molecule has 0 amide bonds. The van der Waals surface area contributed by atoms with E-state index >= 15 is 0 Å². The van der Waals surface area contributed by atoms with E-state index in [2.05, 4.69) is 53.7 Å². The number of hydrogen-bond donors (Lipinski definition) is 1. The van der Waals surface area contributed by atoms with E-state index in [4.69, 9.17) is 5.84 Å². The van der Waals surface area contributed by atoms with Crippen molar-refractivity contribution in [3.63, 3.8) is 0 Å². The van der Waals surface area contributed by atoms with Gasteiger partial charge in [0.25, 0.3) is 0 Å². The highest BCUT2D eigenvalue weighted by atomic mass is 15.1. The van der Waals surface area contributed by atoms with Crippen LogP contribution in [0.3, 0.4) is 0 Å². The average molecular weight is 210 g/mol. The van der Waals surface area contributed by atoms with Crippen molar-refractivity contribution in [2.75, 3.05) is 0 Å². The smallest absolute Gasteiger partial charge is 0.0748 e. The van der Waals surface area contributed by atoms with Gasteiger partial charge < -0.3 is 5.84 Å². The zero-order chi connectivity index (χ0) is 11.0. The third-order valence-electron chi connectivity index (χ3n) is 3.46. The van der Waals surface area contributed by atoms with E-state index in [-0.39, 0.29) is 5.92 Å². The summed E-state index contributed by atoms with van der Waals surface area (Å²) in [4.78, 5) is 0. The van der Waals surface area contributed by atoms with Gasteiger partial charge in [-0.05, 0) is 17.6 Å². The second-order valence-electron chi connectivity index (χ2n) is 4.27. The Balaban J connectivity index is 2.15. The lowest BCUT2D eigenvalue weighted by molar-refractivity contribution is 0.742. The van der Waals surface area contributed by atoms with E-state index in [9.17, 15) is 0 Å². The van der Waals surface area contributed by atoms with Crippen molar-refractivity contribution >= 4 is 5.71 Å². The van der Waals surface area contributed by atoms with E-state index in [0.717, 1.165) is 12.1 Å². The Morgan fingerprint density at radius 3 is 2.94 bits per heavy atom. The third kappa shape index (κ3) is 1.23. The lowest BCUT2D eigenvalue weighted by Gasteiger charge is -2.14. The van der Waals surface area contributed by atoms with Gasteiger partial charge in [-0.15, -0.1) is 0 Å². The van der Waals surface area contributed by atoms with Crippen LogP contribution in [0.5, 0.6) is 0 Å². The minimum absolute atomic E-state index is 0.274. The zero-order valence-electron chi connectivity index (χ0n) is 9.01. The molecule has 0 aromatic rings. The molecule has 3 aliphatic carbocycles. The van der Waals surface area contributed by atoms with E-state index in [1.54, 1.807) is 0 Å². The van der Waals surface area contributed by atoms with Crippen molar-refractivity contribution in [1.29, 1.82) is 0 Å². The molecule has 3 rings (SSSR count). The summed E-state index contributed by atoms with van der Waals surface area (Å²) < 4.78 is 0. The number of allylic oxidation sites excluding steroid dienone is 10. The van der Waals surface area contributed by atoms with Gasteiger partial charge in [-0.2, -0.15) is 5.10 Å². The van der Waals surface area contributed by atoms with Crippen LogP contribution in [0.4, 0.5) is 0 Å². The van der Waals surface area contributed by atoms with E-state index < -0.39 is 0 Å². The van der Waals surface area contributed by atoms with Gasteiger partial charge >= 0.3 is 0 Å². The van der Waals surface area contributed by atoms with Crippen molar-refractivity contribution < 1.29 is 0 Å². The number of hydrogen-bond acceptors (Lipinski definition) is 2. The van der Waals surface area contributed by atoms with Gasteiger partial charge in [-0.3, -0.25) is 0 Å². The summed E-state index contributed by atoms with van der Waals surface area (Å²) in [5.41, 5.74) is 3.74. The summed E-state index contributed by atoms with van der Waals surface area (Å²) in [6, 6.07) is 0. The minimum Gasteiger partial charge on any atom is -0.323 e. The average Bonchev–Trinajstić information content (AvgIpc) is 2.49. The Morgan fingerprint density at radius 2 is 2.06 bits per heavy atom. The van der Waals surface area contributed by atoms with Crippen molar-refractivity contribution in [2.45, 2.75) is 6.42 Å². The van der Waals surface area contributed by atoms with Gasteiger partial charge in [0.15, 0.2) is 0 Å². The first-order chi connectivity index (χ1) is 7.92. The second kappa shape index (κ2) is 3.63. The zero-order valence-corrected chi connectivity index (χ0v) is 9.01. The molecule has 0 spiro atoms. The van der Waals surface area contributed by atoms with Crippen LogP contribution in [0.15, 0.2) is 64.9 Å². The molecule has 0 heterocycles. The highest BCUT2D eigenvalue weighted by molar-refractivity contribution is 6.09. The minimum atomic E-state index is 0.274. The van der Waals surface area contributed by atoms with E-state index in [0.29, 0.717) is 5.92 Å². The van der Waals surface area contributed by atoms with Crippen LogP contribution in [-0.4, -0.2) is 5.71 Å². The summed E-state index contributed by atoms with van der Waals surface area (Å²) in [6.45, 7) is 0. The molecule has 2 unspecified atom stereocenters. The molecule has 0 aromatic carbocycles. The maximum absolute atomic E-state index is 5.54. The standard InChI is InChI=1S/C14H14N2/c15-16-14-12-8-3-1-2-6-10(12)11-7-4-5-9-13(11)14/h1-6,8-9,11-12H,7,15H2. The second-order valence-corrected chi connectivity index (χ2v) is 4.27. The quantitative estimate of drug-likeness (QED) is 0.484. The van der Waals surface area contributed by atoms with Gasteiger partial charge in [0, 0.05) is 11.8 Å². The van der Waals surface area contributed by atoms with Crippen molar-refractivity contribution in [3.05, 3.63) is 59.8 Å². The summed E-state index contributed by atoms with van der Waals surface area (Å²) in [6.07, 6.45) is 18.1. The molecule has 1 saturated carbocycles. The topological polar surface area (TPSA) is 38.4 Å². The molecule has 2 heteroatoms. The predicted octanol–water partition coefficient (Wildman–Crippen LogP) is 2.49. The Kier molecular flexibility index (Phi) is 2.13. The van der Waals surface area contributed by atoms with Crippen molar-refractivity contribution in [2.24, 2.45) is 22.8 Å². The number of nitrogens with two attached hydrogens (primary N) is 1.